The van der Waals surface area contributed by atoms with Crippen molar-refractivity contribution in [2.75, 3.05) is 13.6 Å². The first-order valence-electron chi connectivity index (χ1n) is 10.4. The fourth-order valence-corrected chi connectivity index (χ4v) is 3.27. The molecule has 2 aromatic carbocycles. The van der Waals surface area contributed by atoms with E-state index < -0.39 is 17.2 Å². The maximum atomic E-state index is 13.3. The number of rotatable bonds is 6. The summed E-state index contributed by atoms with van der Waals surface area (Å²) in [4.78, 5) is 40.6. The summed E-state index contributed by atoms with van der Waals surface area (Å²) in [5.41, 5.74) is 1.89. The third-order valence-electron chi connectivity index (χ3n) is 5.31. The van der Waals surface area contributed by atoms with Crippen molar-refractivity contribution in [3.63, 3.8) is 0 Å². The van der Waals surface area contributed by atoms with Gasteiger partial charge in [0.2, 0.25) is 5.69 Å². The van der Waals surface area contributed by atoms with Crippen molar-refractivity contribution in [1.29, 1.82) is 0 Å². The molecule has 1 aromatic heterocycles. The number of amides is 1. The number of carbonyl (C=O) groups excluding carboxylic acids is 1. The van der Waals surface area contributed by atoms with E-state index in [0.29, 0.717) is 18.2 Å². The normalized spacial score (nSPS) is 11.0. The maximum Gasteiger partial charge on any atom is 0.352 e. The zero-order valence-electron chi connectivity index (χ0n) is 18.6. The molecule has 0 radical (unpaired) electrons. The van der Waals surface area contributed by atoms with Crippen LogP contribution in [0.4, 0.5) is 0 Å². The van der Waals surface area contributed by atoms with Crippen LogP contribution in [-0.4, -0.2) is 38.7 Å². The van der Waals surface area contributed by atoms with E-state index >= 15 is 0 Å². The first kappa shape index (κ1) is 22.2. The highest BCUT2D eigenvalue weighted by molar-refractivity contribution is 5.91. The molecule has 7 nitrogen and oxygen atoms in total. The van der Waals surface area contributed by atoms with Gasteiger partial charge in [0.15, 0.2) is 0 Å². The smallest absolute Gasteiger partial charge is 0.340 e. The third-order valence-corrected chi connectivity index (χ3v) is 5.31. The summed E-state index contributed by atoms with van der Waals surface area (Å²) in [5, 5.41) is 4.19. The summed E-state index contributed by atoms with van der Waals surface area (Å²) in [6, 6.07) is 15.0. The second-order valence-electron chi connectivity index (χ2n) is 7.99. The van der Waals surface area contributed by atoms with Gasteiger partial charge in [0.25, 0.3) is 11.5 Å². The third kappa shape index (κ3) is 4.66. The van der Waals surface area contributed by atoms with Crippen LogP contribution in [0.5, 0.6) is 0 Å². The molecule has 0 aliphatic carbocycles. The number of nitrogens with zero attached hydrogens (tertiary/aromatic N) is 4. The number of carbonyl (C=O) groups is 1. The number of aryl methyl sites for hydroxylation is 1. The van der Waals surface area contributed by atoms with Crippen molar-refractivity contribution >= 4 is 5.91 Å². The molecule has 1 heterocycles. The molecule has 0 saturated carbocycles. The summed E-state index contributed by atoms with van der Waals surface area (Å²) in [5.74, 6) is -0.178. The van der Waals surface area contributed by atoms with Gasteiger partial charge in [-0.05, 0) is 43.0 Å². The maximum absolute atomic E-state index is 13.3. The lowest BCUT2D eigenvalue weighted by Gasteiger charge is -2.16. The van der Waals surface area contributed by atoms with Gasteiger partial charge in [0.1, 0.15) is 0 Å². The molecule has 31 heavy (non-hydrogen) atoms. The van der Waals surface area contributed by atoms with Crippen LogP contribution in [0.15, 0.2) is 58.1 Å². The largest absolute Gasteiger partial charge is 0.352 e. The monoisotopic (exact) mass is 420 g/mol. The van der Waals surface area contributed by atoms with Gasteiger partial charge >= 0.3 is 5.69 Å². The Bertz CT molecular complexity index is 1210. The minimum Gasteiger partial charge on any atom is -0.340 e. The fourth-order valence-electron chi connectivity index (χ4n) is 3.27. The fraction of sp³-hybridized carbons (Fsp3) is 0.333. The van der Waals surface area contributed by atoms with Crippen molar-refractivity contribution in [2.45, 2.75) is 40.2 Å². The molecule has 0 unspecified atom stereocenters. The first-order valence-corrected chi connectivity index (χ1v) is 10.4. The molecular weight excluding hydrogens is 392 g/mol. The van der Waals surface area contributed by atoms with E-state index in [-0.39, 0.29) is 12.2 Å². The van der Waals surface area contributed by atoms with E-state index in [2.05, 4.69) is 18.9 Å². The van der Waals surface area contributed by atoms with Gasteiger partial charge in [-0.3, -0.25) is 14.2 Å². The first-order chi connectivity index (χ1) is 14.7. The summed E-state index contributed by atoms with van der Waals surface area (Å²) in [6.45, 7) is 8.39. The van der Waals surface area contributed by atoms with Gasteiger partial charge in [-0.2, -0.15) is 9.78 Å². The Labute approximate surface area is 181 Å². The zero-order chi connectivity index (χ0) is 22.7. The molecular formula is C24H28N4O3. The minimum atomic E-state index is -0.688. The van der Waals surface area contributed by atoms with E-state index in [1.807, 2.05) is 50.2 Å². The molecule has 0 bridgehead atoms. The second-order valence-corrected chi connectivity index (χ2v) is 7.99. The standard InChI is InChI=1S/C24H28N4O3/c1-6-26(5)22(29)21-23(30)27(15-18-9-7-8-17(4)14-18)24(31)28(25-21)20-12-10-19(11-13-20)16(2)3/h7-14,16H,6,15H2,1-5H3. The highest BCUT2D eigenvalue weighted by Crippen LogP contribution is 2.16. The Hall–Kier alpha value is -3.48. The second kappa shape index (κ2) is 9.12. The van der Waals surface area contributed by atoms with Gasteiger partial charge in [-0.15, -0.1) is 0 Å². The van der Waals surface area contributed by atoms with Crippen LogP contribution in [0.1, 0.15) is 53.9 Å². The molecule has 3 aromatic rings. The van der Waals surface area contributed by atoms with Crippen LogP contribution >= 0.6 is 0 Å². The minimum absolute atomic E-state index is 0.0576. The van der Waals surface area contributed by atoms with Gasteiger partial charge in [-0.1, -0.05) is 55.8 Å². The molecule has 3 rings (SSSR count). The van der Waals surface area contributed by atoms with Gasteiger partial charge in [-0.25, -0.2) is 4.79 Å². The van der Waals surface area contributed by atoms with E-state index in [4.69, 9.17) is 0 Å². The molecule has 0 fully saturated rings. The zero-order valence-corrected chi connectivity index (χ0v) is 18.6. The lowest BCUT2D eigenvalue weighted by Crippen LogP contribution is -2.46. The van der Waals surface area contributed by atoms with E-state index in [1.54, 1.807) is 19.2 Å². The quantitative estimate of drug-likeness (QED) is 0.614. The summed E-state index contributed by atoms with van der Waals surface area (Å²) in [6.07, 6.45) is 0. The van der Waals surface area contributed by atoms with Crippen molar-refractivity contribution in [3.8, 4) is 5.69 Å². The van der Waals surface area contributed by atoms with Crippen molar-refractivity contribution in [1.82, 2.24) is 19.2 Å². The molecule has 0 spiro atoms. The Morgan fingerprint density at radius 1 is 1.10 bits per heavy atom. The summed E-state index contributed by atoms with van der Waals surface area (Å²) >= 11 is 0. The molecule has 1 amide bonds. The predicted octanol–water partition coefficient (Wildman–Crippen LogP) is 2.97. The number of hydrogen-bond acceptors (Lipinski definition) is 4. The molecule has 0 aliphatic rings. The van der Waals surface area contributed by atoms with Crippen molar-refractivity contribution in [3.05, 3.63) is 91.8 Å². The predicted molar refractivity (Wildman–Crippen MR) is 121 cm³/mol. The molecule has 162 valence electrons. The van der Waals surface area contributed by atoms with Crippen LogP contribution in [-0.2, 0) is 6.54 Å². The van der Waals surface area contributed by atoms with Crippen molar-refractivity contribution in [2.24, 2.45) is 0 Å². The Morgan fingerprint density at radius 3 is 2.35 bits per heavy atom. The number of aromatic nitrogens is 3. The van der Waals surface area contributed by atoms with Crippen molar-refractivity contribution < 1.29 is 4.79 Å². The Balaban J connectivity index is 2.21. The van der Waals surface area contributed by atoms with Crippen LogP contribution in [0, 0.1) is 6.92 Å². The van der Waals surface area contributed by atoms with Gasteiger partial charge in [0, 0.05) is 13.6 Å². The van der Waals surface area contributed by atoms with Gasteiger partial charge < -0.3 is 4.90 Å². The Morgan fingerprint density at radius 2 is 1.77 bits per heavy atom. The van der Waals surface area contributed by atoms with Crippen LogP contribution in [0.25, 0.3) is 5.69 Å². The molecule has 0 N–H and O–H groups in total. The lowest BCUT2D eigenvalue weighted by atomic mass is 10.0. The molecule has 0 atom stereocenters. The van der Waals surface area contributed by atoms with Crippen LogP contribution < -0.4 is 11.2 Å². The van der Waals surface area contributed by atoms with E-state index in [1.165, 1.54) is 4.90 Å². The highest BCUT2D eigenvalue weighted by atomic mass is 16.2. The topological polar surface area (TPSA) is 77.2 Å². The van der Waals surface area contributed by atoms with Crippen LogP contribution in [0.3, 0.4) is 0 Å². The van der Waals surface area contributed by atoms with E-state index in [0.717, 1.165) is 25.9 Å². The number of benzene rings is 2. The molecule has 7 heteroatoms. The molecule has 0 aliphatic heterocycles. The van der Waals surface area contributed by atoms with Gasteiger partial charge in [0.05, 0.1) is 12.2 Å². The SMILES string of the molecule is CCN(C)C(=O)c1nn(-c2ccc(C(C)C)cc2)c(=O)n(Cc2cccc(C)c2)c1=O. The van der Waals surface area contributed by atoms with E-state index in [9.17, 15) is 14.4 Å². The lowest BCUT2D eigenvalue weighted by molar-refractivity contribution is 0.0791. The summed E-state index contributed by atoms with van der Waals surface area (Å²) < 4.78 is 2.22. The molecule has 0 saturated heterocycles. The highest BCUT2D eigenvalue weighted by Gasteiger charge is 2.22. The summed E-state index contributed by atoms with van der Waals surface area (Å²) in [7, 11) is 1.60. The number of hydrogen-bond donors (Lipinski definition) is 0. The van der Waals surface area contributed by atoms with Crippen LogP contribution in [0.2, 0.25) is 0 Å². The average Bonchev–Trinajstić information content (AvgIpc) is 2.76. The average molecular weight is 421 g/mol. The Kier molecular flexibility index (Phi) is 6.53.